The van der Waals surface area contributed by atoms with E-state index in [1.807, 2.05) is 13.8 Å². The molecule has 2 aromatic carbocycles. The summed E-state index contributed by atoms with van der Waals surface area (Å²) in [5.41, 5.74) is -1.18. The molecule has 1 aromatic heterocycles. The smallest absolute Gasteiger partial charge is 0.325 e. The number of fused-ring (bicyclic) bond motifs is 1. The quantitative estimate of drug-likeness (QED) is 0.380. The van der Waals surface area contributed by atoms with E-state index in [-0.39, 0.29) is 22.3 Å². The summed E-state index contributed by atoms with van der Waals surface area (Å²) in [6.45, 7) is 5.17. The molecule has 0 saturated heterocycles. The Hall–Kier alpha value is -2.52. The monoisotopic (exact) mass is 469 g/mol. The summed E-state index contributed by atoms with van der Waals surface area (Å²) in [7, 11) is 0. The van der Waals surface area contributed by atoms with Crippen LogP contribution in [-0.2, 0) is 11.0 Å². The number of hydrogen-bond donors (Lipinski definition) is 1. The summed E-state index contributed by atoms with van der Waals surface area (Å²) in [5.74, 6) is -0.657. The number of thioether (sulfide) groups is 1. The fourth-order valence-corrected chi connectivity index (χ4v) is 4.18. The average Bonchev–Trinajstić information content (AvgIpc) is 2.68. The number of rotatable bonds is 5. The van der Waals surface area contributed by atoms with E-state index in [9.17, 15) is 22.8 Å². The highest BCUT2D eigenvalue weighted by molar-refractivity contribution is 8.00. The lowest BCUT2D eigenvalue weighted by Gasteiger charge is -2.19. The lowest BCUT2D eigenvalue weighted by Crippen LogP contribution is -2.28. The summed E-state index contributed by atoms with van der Waals surface area (Å²) in [5, 5.41) is 2.16. The first kappa shape index (κ1) is 23.1. The van der Waals surface area contributed by atoms with Gasteiger partial charge in [0.1, 0.15) is 0 Å². The Bertz CT molecular complexity index is 1190. The Morgan fingerprint density at radius 1 is 1.16 bits per heavy atom. The summed E-state index contributed by atoms with van der Waals surface area (Å²) in [6.07, 6.45) is -4.68. The van der Waals surface area contributed by atoms with Crippen molar-refractivity contribution in [1.82, 2.24) is 9.55 Å². The van der Waals surface area contributed by atoms with E-state index in [0.717, 1.165) is 23.9 Å². The molecular weight excluding hydrogens is 451 g/mol. The zero-order valence-electron chi connectivity index (χ0n) is 16.8. The normalized spacial score (nSPS) is 12.9. The van der Waals surface area contributed by atoms with E-state index in [4.69, 9.17) is 11.6 Å². The molecule has 1 unspecified atom stereocenters. The predicted octanol–water partition coefficient (Wildman–Crippen LogP) is 5.77. The molecule has 0 spiro atoms. The molecule has 0 fully saturated rings. The van der Waals surface area contributed by atoms with Gasteiger partial charge >= 0.3 is 6.18 Å². The third-order valence-corrected chi connectivity index (χ3v) is 5.79. The molecule has 1 amide bonds. The molecule has 3 aromatic rings. The standard InChI is InChI=1S/C21H19ClF3N3O2S/c1-11(2)28-19(30)14-6-4-5-7-16(14)27-20(28)31-12(3)18(29)26-17-9-8-13(22)10-15(17)21(23,24)25/h4-12H,1-3H3,(H,26,29). The number of nitrogens with zero attached hydrogens (tertiary/aromatic N) is 2. The van der Waals surface area contributed by atoms with Crippen LogP contribution in [0.25, 0.3) is 10.9 Å². The van der Waals surface area contributed by atoms with Gasteiger partial charge in [-0.05, 0) is 51.1 Å². The molecule has 0 aliphatic carbocycles. The number of nitrogens with one attached hydrogen (secondary N) is 1. The molecule has 31 heavy (non-hydrogen) atoms. The van der Waals surface area contributed by atoms with Crippen molar-refractivity contribution in [2.75, 3.05) is 5.32 Å². The highest BCUT2D eigenvalue weighted by Gasteiger charge is 2.34. The van der Waals surface area contributed by atoms with Crippen LogP contribution in [0.5, 0.6) is 0 Å². The lowest BCUT2D eigenvalue weighted by molar-refractivity contribution is -0.137. The number of benzene rings is 2. The largest absolute Gasteiger partial charge is 0.418 e. The number of anilines is 1. The van der Waals surface area contributed by atoms with E-state index in [1.54, 1.807) is 24.3 Å². The van der Waals surface area contributed by atoms with Crippen LogP contribution in [0, 0.1) is 0 Å². The van der Waals surface area contributed by atoms with Gasteiger partial charge in [0, 0.05) is 11.1 Å². The van der Waals surface area contributed by atoms with E-state index in [2.05, 4.69) is 10.3 Å². The SMILES string of the molecule is CC(Sc1nc2ccccc2c(=O)n1C(C)C)C(=O)Nc1ccc(Cl)cc1C(F)(F)F. The fourth-order valence-electron chi connectivity index (χ4n) is 2.97. The summed E-state index contributed by atoms with van der Waals surface area (Å²) in [4.78, 5) is 30.1. The summed E-state index contributed by atoms with van der Waals surface area (Å²) >= 11 is 6.69. The van der Waals surface area contributed by atoms with Crippen LogP contribution in [0.15, 0.2) is 52.4 Å². The van der Waals surface area contributed by atoms with Crippen molar-refractivity contribution in [1.29, 1.82) is 0 Å². The number of halogens is 4. The number of aromatic nitrogens is 2. The van der Waals surface area contributed by atoms with Gasteiger partial charge in [0.15, 0.2) is 5.16 Å². The van der Waals surface area contributed by atoms with E-state index >= 15 is 0 Å². The van der Waals surface area contributed by atoms with Crippen molar-refractivity contribution in [2.45, 2.75) is 43.4 Å². The molecular formula is C21H19ClF3N3O2S. The maximum absolute atomic E-state index is 13.3. The Morgan fingerprint density at radius 2 is 1.84 bits per heavy atom. The van der Waals surface area contributed by atoms with Gasteiger partial charge in [-0.25, -0.2) is 4.98 Å². The minimum atomic E-state index is -4.68. The topological polar surface area (TPSA) is 64.0 Å². The van der Waals surface area contributed by atoms with Crippen LogP contribution in [0.4, 0.5) is 18.9 Å². The minimum Gasteiger partial charge on any atom is -0.325 e. The number of carbonyl (C=O) groups excluding carboxylic acids is 1. The van der Waals surface area contributed by atoms with Crippen molar-refractivity contribution in [3.8, 4) is 0 Å². The van der Waals surface area contributed by atoms with Crippen molar-refractivity contribution in [3.05, 3.63) is 63.4 Å². The molecule has 0 aliphatic heterocycles. The van der Waals surface area contributed by atoms with Crippen molar-refractivity contribution in [3.63, 3.8) is 0 Å². The van der Waals surface area contributed by atoms with Gasteiger partial charge in [-0.2, -0.15) is 13.2 Å². The van der Waals surface area contributed by atoms with Gasteiger partial charge < -0.3 is 5.32 Å². The maximum Gasteiger partial charge on any atom is 0.418 e. The van der Waals surface area contributed by atoms with Crippen molar-refractivity contribution < 1.29 is 18.0 Å². The Labute approximate surface area is 185 Å². The van der Waals surface area contributed by atoms with Crippen LogP contribution in [0.2, 0.25) is 5.02 Å². The minimum absolute atomic E-state index is 0.0888. The summed E-state index contributed by atoms with van der Waals surface area (Å²) < 4.78 is 41.4. The maximum atomic E-state index is 13.3. The number of carbonyl (C=O) groups is 1. The second-order valence-electron chi connectivity index (χ2n) is 7.12. The van der Waals surface area contributed by atoms with Crippen molar-refractivity contribution in [2.24, 2.45) is 0 Å². The van der Waals surface area contributed by atoms with Crippen LogP contribution in [-0.4, -0.2) is 20.7 Å². The molecule has 5 nitrogen and oxygen atoms in total. The predicted molar refractivity (Wildman–Crippen MR) is 117 cm³/mol. The second-order valence-corrected chi connectivity index (χ2v) is 8.86. The molecule has 10 heteroatoms. The molecule has 0 saturated carbocycles. The zero-order chi connectivity index (χ0) is 22.9. The molecule has 0 aliphatic rings. The number of amides is 1. The molecule has 0 bridgehead atoms. The highest BCUT2D eigenvalue weighted by Crippen LogP contribution is 2.37. The Balaban J connectivity index is 1.91. The molecule has 3 rings (SSSR count). The molecule has 1 N–H and O–H groups in total. The highest BCUT2D eigenvalue weighted by atomic mass is 35.5. The van der Waals surface area contributed by atoms with Gasteiger partial charge in [-0.15, -0.1) is 0 Å². The third-order valence-electron chi connectivity index (χ3n) is 4.49. The van der Waals surface area contributed by atoms with Crippen LogP contribution in [0.1, 0.15) is 32.4 Å². The number of alkyl halides is 3. The second kappa shape index (κ2) is 8.92. The number of hydrogen-bond acceptors (Lipinski definition) is 4. The van der Waals surface area contributed by atoms with Crippen LogP contribution >= 0.6 is 23.4 Å². The first-order chi connectivity index (χ1) is 14.5. The fraction of sp³-hybridized carbons (Fsp3) is 0.286. The first-order valence-corrected chi connectivity index (χ1v) is 10.6. The van der Waals surface area contributed by atoms with E-state index in [1.165, 1.54) is 17.6 Å². The summed E-state index contributed by atoms with van der Waals surface area (Å²) in [6, 6.07) is 9.77. The van der Waals surface area contributed by atoms with Crippen LogP contribution < -0.4 is 10.9 Å². The van der Waals surface area contributed by atoms with Gasteiger partial charge in [0.2, 0.25) is 5.91 Å². The molecule has 0 radical (unpaired) electrons. The van der Waals surface area contributed by atoms with E-state index < -0.39 is 22.9 Å². The Kier molecular flexibility index (Phi) is 6.66. The van der Waals surface area contributed by atoms with Gasteiger partial charge in [-0.1, -0.05) is 35.5 Å². The zero-order valence-corrected chi connectivity index (χ0v) is 18.4. The van der Waals surface area contributed by atoms with Crippen molar-refractivity contribution >= 4 is 45.9 Å². The molecule has 164 valence electrons. The molecule has 1 atom stereocenters. The average molecular weight is 470 g/mol. The Morgan fingerprint density at radius 3 is 2.48 bits per heavy atom. The van der Waals surface area contributed by atoms with E-state index in [0.29, 0.717) is 16.1 Å². The van der Waals surface area contributed by atoms with Gasteiger partial charge in [-0.3, -0.25) is 14.2 Å². The van der Waals surface area contributed by atoms with Gasteiger partial charge in [0.25, 0.3) is 5.56 Å². The van der Waals surface area contributed by atoms with Crippen LogP contribution in [0.3, 0.4) is 0 Å². The lowest BCUT2D eigenvalue weighted by atomic mass is 10.1. The molecule has 1 heterocycles. The third kappa shape index (κ3) is 5.04. The number of para-hydroxylation sites is 1. The first-order valence-electron chi connectivity index (χ1n) is 9.34. The van der Waals surface area contributed by atoms with Gasteiger partial charge in [0.05, 0.1) is 27.4 Å².